The monoisotopic (exact) mass is 802 g/mol. The van der Waals surface area contributed by atoms with Crippen LogP contribution in [-0.4, -0.2) is 68.4 Å². The van der Waals surface area contributed by atoms with Gasteiger partial charge < -0.3 is 19.7 Å². The summed E-state index contributed by atoms with van der Waals surface area (Å²) < 4.78 is 13.0. The maximum atomic E-state index is 11.0. The molecule has 0 bridgehead atoms. The number of carbonyl (C=O) groups is 4. The van der Waals surface area contributed by atoms with E-state index in [9.17, 15) is 19.2 Å². The molecule has 0 aromatic rings. The molecule has 286 valence electrons. The summed E-state index contributed by atoms with van der Waals surface area (Å²) >= 11 is 0.149. The molecule has 0 aliphatic heterocycles. The van der Waals surface area contributed by atoms with E-state index in [0.29, 0.717) is 13.2 Å². The number of rotatable bonds is 32. The molecule has 0 aromatic heterocycles. The third kappa shape index (κ3) is 55.8. The van der Waals surface area contributed by atoms with Gasteiger partial charge in [-0.15, -0.1) is 0 Å². The molecule has 0 atom stereocenters. The van der Waals surface area contributed by atoms with E-state index in [-0.39, 0.29) is 21.1 Å². The molecule has 0 amide bonds. The van der Waals surface area contributed by atoms with E-state index in [1.165, 1.54) is 128 Å². The van der Waals surface area contributed by atoms with E-state index < -0.39 is 23.9 Å². The fourth-order valence-corrected chi connectivity index (χ4v) is 8.79. The Morgan fingerprint density at radius 2 is 0.673 bits per heavy atom. The predicted molar refractivity (Wildman–Crippen MR) is 204 cm³/mol. The summed E-state index contributed by atoms with van der Waals surface area (Å²) in [4.78, 5) is 42.4. The molecule has 2 radical (unpaired) electrons. The van der Waals surface area contributed by atoms with Crippen molar-refractivity contribution in [1.82, 2.24) is 0 Å². The maximum absolute atomic E-state index is 11.0. The number of ether oxygens (including phenoxy) is 2. The molecule has 0 rings (SSSR count). The zero-order valence-electron chi connectivity index (χ0n) is 32.0. The van der Waals surface area contributed by atoms with Crippen LogP contribution in [0.1, 0.15) is 182 Å². The number of carboxylic acid groups (broad SMARTS) is 2. The van der Waals surface area contributed by atoms with Crippen LogP contribution < -0.4 is 0 Å². The molecule has 0 aliphatic rings. The van der Waals surface area contributed by atoms with Crippen molar-refractivity contribution in [2.45, 2.75) is 191 Å². The van der Waals surface area contributed by atoms with Crippen LogP contribution in [0, 0.1) is 0 Å². The molecule has 0 unspecified atom stereocenters. The van der Waals surface area contributed by atoms with Crippen molar-refractivity contribution in [3.05, 3.63) is 24.3 Å². The van der Waals surface area contributed by atoms with Gasteiger partial charge in [-0.05, 0) is 12.8 Å². The van der Waals surface area contributed by atoms with Crippen LogP contribution in [0.15, 0.2) is 24.3 Å². The van der Waals surface area contributed by atoms with Crippen LogP contribution in [0.25, 0.3) is 0 Å². The minimum absolute atomic E-state index is 0.149. The molecule has 0 saturated carbocycles. The van der Waals surface area contributed by atoms with Crippen LogP contribution in [0.2, 0.25) is 8.87 Å². The summed E-state index contributed by atoms with van der Waals surface area (Å²) in [6.45, 7) is 9.78. The molecule has 0 heterocycles. The molecule has 0 saturated heterocycles. The van der Waals surface area contributed by atoms with Gasteiger partial charge in [-0.3, -0.25) is 0 Å². The topological polar surface area (TPSA) is 127 Å². The van der Waals surface area contributed by atoms with Gasteiger partial charge in [0, 0.05) is 24.3 Å². The van der Waals surface area contributed by atoms with E-state index >= 15 is 0 Å². The van der Waals surface area contributed by atoms with Gasteiger partial charge in [0.15, 0.2) is 0 Å². The van der Waals surface area contributed by atoms with Crippen molar-refractivity contribution in [2.24, 2.45) is 0 Å². The Morgan fingerprint density at radius 3 is 0.939 bits per heavy atom. The molecule has 0 aromatic carbocycles. The molecule has 9 heteroatoms. The molecule has 0 spiro atoms. The molecule has 8 nitrogen and oxygen atoms in total. The third-order valence-corrected chi connectivity index (χ3v) is 11.7. The van der Waals surface area contributed by atoms with Gasteiger partial charge in [0.1, 0.15) is 0 Å². The van der Waals surface area contributed by atoms with Gasteiger partial charge in [-0.1, -0.05) is 129 Å². The normalized spacial score (nSPS) is 10.7. The Morgan fingerprint density at radius 1 is 0.408 bits per heavy atom. The Kier molecular flexibility index (Phi) is 48.5. The van der Waals surface area contributed by atoms with Crippen LogP contribution in [0.4, 0.5) is 0 Å². The van der Waals surface area contributed by atoms with Gasteiger partial charge in [-0.2, -0.15) is 0 Å². The second kappa shape index (κ2) is 46.2. The predicted octanol–water partition coefficient (Wildman–Crippen LogP) is 11.3. The molecule has 0 aliphatic carbocycles. The fraction of sp³-hybridized carbons (Fsp3) is 0.800. The van der Waals surface area contributed by atoms with Crippen LogP contribution >= 0.6 is 0 Å². The van der Waals surface area contributed by atoms with Gasteiger partial charge in [0.2, 0.25) is 0 Å². The van der Waals surface area contributed by atoms with Crippen molar-refractivity contribution >= 4 is 45.0 Å². The number of carbonyl (C=O) groups excluding carboxylic acids is 2. The van der Waals surface area contributed by atoms with Gasteiger partial charge in [0.05, 0.1) is 13.2 Å². The third-order valence-electron chi connectivity index (χ3n) is 7.62. The standard InChI is InChI=1S/2C16H28O4.2C4H9.Sn/c2*1-2-3-4-5-6-7-8-9-10-11-14-20-16(19)13-12-15(17)18;2*1-3-4-2;/h2*12-13H,2-11,14H2,1H3,(H,17,18);2*1,3-4H2,2H3;/b2*13-12-;;;. The first-order chi connectivity index (χ1) is 23.7. The minimum atomic E-state index is -1.14. The average molecular weight is 802 g/mol. The van der Waals surface area contributed by atoms with Crippen molar-refractivity contribution in [3.8, 4) is 0 Å². The summed E-state index contributed by atoms with van der Waals surface area (Å²) in [6.07, 6.45) is 33.9. The molecule has 2 N–H and O–H groups in total. The summed E-state index contributed by atoms with van der Waals surface area (Å²) in [6, 6.07) is 0. The quantitative estimate of drug-likeness (QED) is 0.0298. The summed E-state index contributed by atoms with van der Waals surface area (Å²) in [5.74, 6) is -3.44. The van der Waals surface area contributed by atoms with E-state index in [1.54, 1.807) is 8.87 Å². The Labute approximate surface area is 310 Å². The SMILES string of the molecule is CCCCCCCCCCCCOC(=O)/C=C\C(=O)O.CCCCCCCCCCCCOC(=O)/C=C\C(=O)O.CCC[CH2][Sn][CH2]CCC. The Balaban J connectivity index is -0.000000695. The summed E-state index contributed by atoms with van der Waals surface area (Å²) in [5, 5.41) is 16.7. The van der Waals surface area contributed by atoms with Crippen molar-refractivity contribution in [2.75, 3.05) is 13.2 Å². The van der Waals surface area contributed by atoms with Crippen LogP contribution in [-0.2, 0) is 28.7 Å². The van der Waals surface area contributed by atoms with E-state index in [4.69, 9.17) is 19.7 Å². The van der Waals surface area contributed by atoms with Crippen molar-refractivity contribution in [1.29, 1.82) is 0 Å². The molecule has 0 fully saturated rings. The number of carboxylic acids is 2. The first-order valence-electron chi connectivity index (χ1n) is 19.6. The summed E-state index contributed by atoms with van der Waals surface area (Å²) in [5.41, 5.74) is 0. The van der Waals surface area contributed by atoms with Crippen LogP contribution in [0.5, 0.6) is 0 Å². The summed E-state index contributed by atoms with van der Waals surface area (Å²) in [7, 11) is 0. The molecule has 49 heavy (non-hydrogen) atoms. The number of hydrogen-bond donors (Lipinski definition) is 2. The van der Waals surface area contributed by atoms with Crippen LogP contribution in [0.3, 0.4) is 0 Å². The van der Waals surface area contributed by atoms with Crippen molar-refractivity contribution in [3.63, 3.8) is 0 Å². The van der Waals surface area contributed by atoms with E-state index in [1.807, 2.05) is 0 Å². The van der Waals surface area contributed by atoms with Gasteiger partial charge in [-0.25, -0.2) is 19.2 Å². The van der Waals surface area contributed by atoms with E-state index in [2.05, 4.69) is 27.7 Å². The second-order valence-electron chi connectivity index (χ2n) is 12.5. The number of hydrogen-bond acceptors (Lipinski definition) is 6. The zero-order valence-corrected chi connectivity index (χ0v) is 34.8. The average Bonchev–Trinajstić information content (AvgIpc) is 3.08. The molecular formula is C40H74O8Sn. The fourth-order valence-electron chi connectivity index (χ4n) is 4.63. The molecular weight excluding hydrogens is 727 g/mol. The number of esters is 2. The Bertz CT molecular complexity index is 733. The number of aliphatic carboxylic acids is 2. The first-order valence-corrected chi connectivity index (χ1v) is 23.6. The van der Waals surface area contributed by atoms with Gasteiger partial charge >= 0.3 is 93.4 Å². The first kappa shape index (κ1) is 51.5. The Hall–Kier alpha value is -1.84. The van der Waals surface area contributed by atoms with E-state index in [0.717, 1.165) is 50.0 Å². The van der Waals surface area contributed by atoms with Crippen molar-refractivity contribution < 1.29 is 38.9 Å². The van der Waals surface area contributed by atoms with Gasteiger partial charge in [0.25, 0.3) is 0 Å². The second-order valence-corrected chi connectivity index (χ2v) is 16.8. The number of unbranched alkanes of at least 4 members (excludes halogenated alkanes) is 20. The zero-order chi connectivity index (χ0) is 37.1.